The van der Waals surface area contributed by atoms with E-state index in [-0.39, 0.29) is 0 Å². The number of nitrogens with zero attached hydrogens (tertiary/aromatic N) is 4. The Hall–Kier alpha value is -2.71. The van der Waals surface area contributed by atoms with Gasteiger partial charge < -0.3 is 0 Å². The average Bonchev–Trinajstić information content (AvgIpc) is 2.62. The zero-order valence-corrected chi connectivity index (χ0v) is 13.6. The molecule has 112 valence electrons. The van der Waals surface area contributed by atoms with Crippen molar-refractivity contribution in [1.29, 1.82) is 5.26 Å². The van der Waals surface area contributed by atoms with Crippen LogP contribution < -0.4 is 0 Å². The molecular formula is C18H14N4S. The van der Waals surface area contributed by atoms with Crippen LogP contribution in [0.15, 0.2) is 54.1 Å². The molecule has 5 heteroatoms. The van der Waals surface area contributed by atoms with Crippen LogP contribution in [-0.4, -0.2) is 21.2 Å². The topological polar surface area (TPSA) is 62.5 Å². The maximum absolute atomic E-state index is 9.72. The fourth-order valence-corrected chi connectivity index (χ4v) is 3.19. The number of aromatic nitrogens is 3. The molecule has 0 unspecified atom stereocenters. The second-order valence-corrected chi connectivity index (χ2v) is 5.71. The standard InChI is InChI=1S/C18H14N4S/c1-12-16(13-3-7-20-8-4-13)17(14-5-9-21-10-6-14)15(11-19)18(22-12)23-2/h3-10H,1-2H3. The lowest BCUT2D eigenvalue weighted by Gasteiger charge is -2.16. The van der Waals surface area contributed by atoms with Crippen LogP contribution in [0.2, 0.25) is 0 Å². The molecule has 4 nitrogen and oxygen atoms in total. The highest BCUT2D eigenvalue weighted by molar-refractivity contribution is 7.98. The van der Waals surface area contributed by atoms with Crippen LogP contribution in [-0.2, 0) is 0 Å². The first-order valence-electron chi connectivity index (χ1n) is 7.05. The number of rotatable bonds is 3. The molecule has 0 aliphatic rings. The Morgan fingerprint density at radius 3 is 1.91 bits per heavy atom. The molecule has 3 aromatic rings. The first kappa shape index (κ1) is 15.2. The van der Waals surface area contributed by atoms with Crippen molar-refractivity contribution in [3.05, 3.63) is 60.3 Å². The van der Waals surface area contributed by atoms with Crippen LogP contribution >= 0.6 is 11.8 Å². The van der Waals surface area contributed by atoms with Crippen molar-refractivity contribution in [3.8, 4) is 28.3 Å². The van der Waals surface area contributed by atoms with Crippen LogP contribution in [0.5, 0.6) is 0 Å². The molecule has 0 aliphatic carbocycles. The predicted molar refractivity (Wildman–Crippen MR) is 91.9 cm³/mol. The first-order valence-corrected chi connectivity index (χ1v) is 8.28. The number of hydrogen-bond acceptors (Lipinski definition) is 5. The van der Waals surface area contributed by atoms with Crippen LogP contribution in [0, 0.1) is 18.3 Å². The highest BCUT2D eigenvalue weighted by atomic mass is 32.2. The number of pyridine rings is 3. The molecule has 0 amide bonds. The highest BCUT2D eigenvalue weighted by Crippen LogP contribution is 2.39. The molecule has 0 aromatic carbocycles. The second kappa shape index (κ2) is 6.59. The van der Waals surface area contributed by atoms with Gasteiger partial charge in [0, 0.05) is 41.6 Å². The zero-order chi connectivity index (χ0) is 16.2. The molecule has 0 bridgehead atoms. The van der Waals surface area contributed by atoms with Crippen LogP contribution in [0.1, 0.15) is 11.3 Å². The van der Waals surface area contributed by atoms with E-state index in [1.165, 1.54) is 11.8 Å². The lowest BCUT2D eigenvalue weighted by Crippen LogP contribution is -2.00. The summed E-state index contributed by atoms with van der Waals surface area (Å²) in [4.78, 5) is 12.8. The summed E-state index contributed by atoms with van der Waals surface area (Å²) in [6, 6.07) is 10.1. The van der Waals surface area contributed by atoms with Gasteiger partial charge in [-0.1, -0.05) is 0 Å². The number of aryl methyl sites for hydroxylation is 1. The fraction of sp³-hybridized carbons (Fsp3) is 0.111. The monoisotopic (exact) mass is 318 g/mol. The van der Waals surface area contributed by atoms with Gasteiger partial charge >= 0.3 is 0 Å². The Kier molecular flexibility index (Phi) is 4.35. The summed E-state index contributed by atoms with van der Waals surface area (Å²) in [5, 5.41) is 10.5. The third kappa shape index (κ3) is 2.81. The minimum Gasteiger partial charge on any atom is -0.265 e. The van der Waals surface area contributed by atoms with Gasteiger partial charge in [0.15, 0.2) is 0 Å². The van der Waals surface area contributed by atoms with Crippen molar-refractivity contribution in [2.75, 3.05) is 6.26 Å². The Morgan fingerprint density at radius 2 is 1.43 bits per heavy atom. The van der Waals surface area contributed by atoms with Gasteiger partial charge in [0.1, 0.15) is 11.1 Å². The third-order valence-electron chi connectivity index (χ3n) is 3.59. The van der Waals surface area contributed by atoms with E-state index in [0.29, 0.717) is 5.56 Å². The van der Waals surface area contributed by atoms with E-state index >= 15 is 0 Å². The summed E-state index contributed by atoms with van der Waals surface area (Å²) >= 11 is 1.49. The van der Waals surface area contributed by atoms with Crippen molar-refractivity contribution < 1.29 is 0 Å². The van der Waals surface area contributed by atoms with Gasteiger partial charge in [-0.15, -0.1) is 11.8 Å². The Morgan fingerprint density at radius 1 is 0.913 bits per heavy atom. The fourth-order valence-electron chi connectivity index (χ4n) is 2.61. The van der Waals surface area contributed by atoms with Gasteiger partial charge in [0.05, 0.1) is 5.56 Å². The smallest absolute Gasteiger partial charge is 0.114 e. The molecule has 0 fully saturated rings. The maximum atomic E-state index is 9.72. The van der Waals surface area contributed by atoms with E-state index in [0.717, 1.165) is 33.0 Å². The van der Waals surface area contributed by atoms with Crippen molar-refractivity contribution in [2.45, 2.75) is 11.9 Å². The normalized spacial score (nSPS) is 10.3. The first-order chi connectivity index (χ1) is 11.3. The molecule has 3 aromatic heterocycles. The van der Waals surface area contributed by atoms with Gasteiger partial charge in [0.25, 0.3) is 0 Å². The van der Waals surface area contributed by atoms with Crippen LogP contribution in [0.25, 0.3) is 22.3 Å². The Labute approximate surface area is 139 Å². The second-order valence-electron chi connectivity index (χ2n) is 4.92. The number of thioether (sulfide) groups is 1. The van der Waals surface area contributed by atoms with Gasteiger partial charge in [-0.05, 0) is 48.6 Å². The molecule has 0 aliphatic heterocycles. The van der Waals surface area contributed by atoms with Gasteiger partial charge in [-0.2, -0.15) is 5.26 Å². The minimum atomic E-state index is 0.598. The predicted octanol–water partition coefficient (Wildman–Crippen LogP) is 4.11. The molecule has 0 saturated carbocycles. The van der Waals surface area contributed by atoms with Crippen LogP contribution in [0.4, 0.5) is 0 Å². The van der Waals surface area contributed by atoms with E-state index in [9.17, 15) is 5.26 Å². The van der Waals surface area contributed by atoms with Crippen molar-refractivity contribution in [2.24, 2.45) is 0 Å². The summed E-state index contributed by atoms with van der Waals surface area (Å²) in [7, 11) is 0. The summed E-state index contributed by atoms with van der Waals surface area (Å²) in [6.07, 6.45) is 8.91. The molecule has 0 radical (unpaired) electrons. The molecule has 3 rings (SSSR count). The number of hydrogen-bond donors (Lipinski definition) is 0. The molecule has 23 heavy (non-hydrogen) atoms. The SMILES string of the molecule is CSc1nc(C)c(-c2ccncc2)c(-c2ccncc2)c1C#N. The summed E-state index contributed by atoms with van der Waals surface area (Å²) in [5.41, 5.74) is 5.32. The Bertz CT molecular complexity index is 871. The lowest BCUT2D eigenvalue weighted by molar-refractivity contribution is 1.06. The summed E-state index contributed by atoms with van der Waals surface area (Å²) < 4.78 is 0. The lowest BCUT2D eigenvalue weighted by atomic mass is 9.91. The van der Waals surface area contributed by atoms with Crippen LogP contribution in [0.3, 0.4) is 0 Å². The van der Waals surface area contributed by atoms with E-state index < -0.39 is 0 Å². The summed E-state index contributed by atoms with van der Waals surface area (Å²) in [5.74, 6) is 0. The molecule has 0 atom stereocenters. The van der Waals surface area contributed by atoms with Crippen molar-refractivity contribution in [3.63, 3.8) is 0 Å². The molecule has 3 heterocycles. The zero-order valence-electron chi connectivity index (χ0n) is 12.8. The minimum absolute atomic E-state index is 0.598. The number of nitriles is 1. The van der Waals surface area contributed by atoms with Crippen molar-refractivity contribution in [1.82, 2.24) is 15.0 Å². The highest BCUT2D eigenvalue weighted by Gasteiger charge is 2.20. The Balaban J connectivity index is 2.42. The van der Waals surface area contributed by atoms with E-state index in [4.69, 9.17) is 0 Å². The third-order valence-corrected chi connectivity index (χ3v) is 4.27. The maximum Gasteiger partial charge on any atom is 0.114 e. The quantitative estimate of drug-likeness (QED) is 0.680. The van der Waals surface area contributed by atoms with E-state index in [1.807, 2.05) is 37.4 Å². The molecule has 0 spiro atoms. The largest absolute Gasteiger partial charge is 0.265 e. The van der Waals surface area contributed by atoms with E-state index in [2.05, 4.69) is 21.0 Å². The van der Waals surface area contributed by atoms with Gasteiger partial charge in [0.2, 0.25) is 0 Å². The van der Waals surface area contributed by atoms with Crippen molar-refractivity contribution >= 4 is 11.8 Å². The molecule has 0 N–H and O–H groups in total. The van der Waals surface area contributed by atoms with Gasteiger partial charge in [-0.3, -0.25) is 9.97 Å². The van der Waals surface area contributed by atoms with E-state index in [1.54, 1.807) is 24.8 Å². The van der Waals surface area contributed by atoms with Gasteiger partial charge in [-0.25, -0.2) is 4.98 Å². The average molecular weight is 318 g/mol. The molecule has 0 saturated heterocycles. The summed E-state index contributed by atoms with van der Waals surface area (Å²) in [6.45, 7) is 1.97. The molecular weight excluding hydrogens is 304 g/mol.